The summed E-state index contributed by atoms with van der Waals surface area (Å²) in [7, 11) is 0. The van der Waals surface area contributed by atoms with E-state index in [9.17, 15) is 4.79 Å². The number of fused-ring (bicyclic) bond motifs is 3. The third-order valence-corrected chi connectivity index (χ3v) is 4.13. The summed E-state index contributed by atoms with van der Waals surface area (Å²) in [6.45, 7) is 0.162. The molecule has 7 heteroatoms. The maximum atomic E-state index is 11.1. The van der Waals surface area contributed by atoms with E-state index >= 15 is 0 Å². The number of aliphatic hydroxyl groups is 1. The minimum absolute atomic E-state index is 0.125. The van der Waals surface area contributed by atoms with E-state index in [1.54, 1.807) is 6.07 Å². The summed E-state index contributed by atoms with van der Waals surface area (Å²) in [5, 5.41) is 9.07. The first kappa shape index (κ1) is 11.9. The van der Waals surface area contributed by atoms with E-state index in [0.717, 1.165) is 11.0 Å². The number of rotatable bonds is 2. The Morgan fingerprint density at radius 1 is 1.67 bits per heavy atom. The number of aldehydes is 1. The van der Waals surface area contributed by atoms with Crippen molar-refractivity contribution in [3.8, 4) is 11.5 Å². The number of thiazole rings is 1. The van der Waals surface area contributed by atoms with Gasteiger partial charge in [0.05, 0.1) is 12.1 Å². The van der Waals surface area contributed by atoms with Crippen molar-refractivity contribution in [3.63, 3.8) is 0 Å². The minimum Gasteiger partial charge on any atom is -0.484 e. The summed E-state index contributed by atoms with van der Waals surface area (Å²) >= 11 is 4.68. The molecule has 0 fully saturated rings. The number of ether oxygens (including phenoxy) is 2. The number of nitrogens with zero attached hydrogens (tertiary/aromatic N) is 1. The summed E-state index contributed by atoms with van der Waals surface area (Å²) in [6, 6.07) is 1.60. The van der Waals surface area contributed by atoms with Crippen LogP contribution in [0.1, 0.15) is 10.4 Å². The lowest BCUT2D eigenvalue weighted by atomic mass is 10.1. The fourth-order valence-electron chi connectivity index (χ4n) is 1.82. The van der Waals surface area contributed by atoms with Crippen molar-refractivity contribution in [2.75, 3.05) is 13.2 Å². The average Bonchev–Trinajstić information content (AvgIpc) is 2.78. The van der Waals surface area contributed by atoms with Crippen LogP contribution in [0.15, 0.2) is 9.98 Å². The standard InChI is InChI=1S/C11H8BrNO4S/c12-11-13-8-5(2-14)1-7-9(10(8)18-11)16-4-6(3-15)17-7/h1-2,6,15H,3-4H2. The average molecular weight is 330 g/mol. The second-order valence-electron chi connectivity index (χ2n) is 3.79. The first-order valence-electron chi connectivity index (χ1n) is 5.21. The molecule has 1 aromatic heterocycles. The third-order valence-electron chi connectivity index (χ3n) is 2.63. The number of aromatic nitrogens is 1. The van der Waals surface area contributed by atoms with Crippen LogP contribution in [-0.4, -0.2) is 35.7 Å². The van der Waals surface area contributed by atoms with E-state index in [-0.39, 0.29) is 13.2 Å². The van der Waals surface area contributed by atoms with Crippen LogP contribution >= 0.6 is 27.3 Å². The van der Waals surface area contributed by atoms with E-state index in [1.807, 2.05) is 0 Å². The molecule has 0 amide bonds. The Labute approximate surface area is 114 Å². The molecule has 0 saturated heterocycles. The van der Waals surface area contributed by atoms with Gasteiger partial charge in [0.25, 0.3) is 0 Å². The zero-order valence-corrected chi connectivity index (χ0v) is 11.5. The number of carbonyl (C=O) groups excluding carboxylic acids is 1. The van der Waals surface area contributed by atoms with Gasteiger partial charge in [0.2, 0.25) is 0 Å². The lowest BCUT2D eigenvalue weighted by Crippen LogP contribution is -2.32. The van der Waals surface area contributed by atoms with Gasteiger partial charge in [0.1, 0.15) is 11.3 Å². The van der Waals surface area contributed by atoms with Crippen molar-refractivity contribution in [2.45, 2.75) is 6.10 Å². The largest absolute Gasteiger partial charge is 0.484 e. The molecule has 1 aromatic carbocycles. The number of halogens is 1. The molecule has 1 N–H and O–H groups in total. The van der Waals surface area contributed by atoms with Crippen LogP contribution in [0.4, 0.5) is 0 Å². The van der Waals surface area contributed by atoms with Crippen LogP contribution in [0, 0.1) is 0 Å². The van der Waals surface area contributed by atoms with Crippen molar-refractivity contribution < 1.29 is 19.4 Å². The zero-order chi connectivity index (χ0) is 12.7. The molecule has 2 aromatic rings. The Bertz CT molecular complexity index is 627. The van der Waals surface area contributed by atoms with E-state index in [4.69, 9.17) is 14.6 Å². The summed E-state index contributed by atoms with van der Waals surface area (Å²) < 4.78 is 12.6. The van der Waals surface area contributed by atoms with E-state index in [0.29, 0.717) is 26.5 Å². The molecule has 1 aliphatic heterocycles. The molecule has 1 unspecified atom stereocenters. The van der Waals surface area contributed by atoms with Crippen LogP contribution in [0.2, 0.25) is 0 Å². The monoisotopic (exact) mass is 329 g/mol. The van der Waals surface area contributed by atoms with Crippen molar-refractivity contribution in [2.24, 2.45) is 0 Å². The van der Waals surface area contributed by atoms with Gasteiger partial charge < -0.3 is 14.6 Å². The highest BCUT2D eigenvalue weighted by molar-refractivity contribution is 9.11. The molecular formula is C11H8BrNO4S. The lowest BCUT2D eigenvalue weighted by molar-refractivity contribution is 0.0468. The fourth-order valence-corrected chi connectivity index (χ4v) is 3.31. The molecule has 0 spiro atoms. The maximum absolute atomic E-state index is 11.1. The molecule has 0 aliphatic carbocycles. The van der Waals surface area contributed by atoms with Crippen LogP contribution in [-0.2, 0) is 0 Å². The summed E-state index contributed by atoms with van der Waals surface area (Å²) in [5.74, 6) is 1.06. The van der Waals surface area contributed by atoms with Crippen LogP contribution in [0.3, 0.4) is 0 Å². The number of benzene rings is 1. The predicted octanol–water partition coefficient (Wildman–Crippen LogP) is 2.00. The van der Waals surface area contributed by atoms with Gasteiger partial charge in [-0.2, -0.15) is 0 Å². The predicted molar refractivity (Wildman–Crippen MR) is 69.7 cm³/mol. The molecule has 2 heterocycles. The molecular weight excluding hydrogens is 322 g/mol. The van der Waals surface area contributed by atoms with Gasteiger partial charge in [-0.3, -0.25) is 4.79 Å². The van der Waals surface area contributed by atoms with Crippen molar-refractivity contribution in [1.82, 2.24) is 4.98 Å². The quantitative estimate of drug-likeness (QED) is 0.853. The first-order chi connectivity index (χ1) is 8.72. The van der Waals surface area contributed by atoms with Gasteiger partial charge in [-0.05, 0) is 22.0 Å². The Kier molecular flexibility index (Phi) is 2.96. The third kappa shape index (κ3) is 1.79. The number of hydrogen-bond donors (Lipinski definition) is 1. The SMILES string of the molecule is O=Cc1cc2c(c3sc(Br)nc13)OCC(CO)O2. The Balaban J connectivity index is 2.23. The Morgan fingerprint density at radius 3 is 3.22 bits per heavy atom. The summed E-state index contributed by atoms with van der Waals surface area (Å²) in [6.07, 6.45) is 0.339. The smallest absolute Gasteiger partial charge is 0.180 e. The Hall–Kier alpha value is -1.18. The number of aliphatic hydroxyl groups excluding tert-OH is 1. The molecule has 1 aliphatic rings. The van der Waals surface area contributed by atoms with Crippen molar-refractivity contribution in [1.29, 1.82) is 0 Å². The van der Waals surface area contributed by atoms with E-state index < -0.39 is 6.10 Å². The molecule has 0 saturated carbocycles. The first-order valence-corrected chi connectivity index (χ1v) is 6.82. The highest BCUT2D eigenvalue weighted by atomic mass is 79.9. The second kappa shape index (κ2) is 4.49. The molecule has 18 heavy (non-hydrogen) atoms. The summed E-state index contributed by atoms with van der Waals surface area (Å²) in [5.41, 5.74) is 1.06. The van der Waals surface area contributed by atoms with Crippen molar-refractivity contribution in [3.05, 3.63) is 15.5 Å². The van der Waals surface area contributed by atoms with Gasteiger partial charge in [0, 0.05) is 5.56 Å². The van der Waals surface area contributed by atoms with Gasteiger partial charge >= 0.3 is 0 Å². The highest BCUT2D eigenvalue weighted by Gasteiger charge is 2.25. The Morgan fingerprint density at radius 2 is 2.50 bits per heavy atom. The molecule has 0 radical (unpaired) electrons. The molecule has 0 bridgehead atoms. The minimum atomic E-state index is -0.397. The molecule has 94 valence electrons. The lowest BCUT2D eigenvalue weighted by Gasteiger charge is -2.25. The normalized spacial score (nSPS) is 18.0. The highest BCUT2D eigenvalue weighted by Crippen LogP contribution is 2.43. The van der Waals surface area contributed by atoms with Gasteiger partial charge in [-0.1, -0.05) is 0 Å². The van der Waals surface area contributed by atoms with Crippen LogP contribution in [0.5, 0.6) is 11.5 Å². The van der Waals surface area contributed by atoms with Crippen molar-refractivity contribution >= 4 is 43.8 Å². The maximum Gasteiger partial charge on any atom is 0.180 e. The number of hydrogen-bond acceptors (Lipinski definition) is 6. The van der Waals surface area contributed by atoms with Gasteiger partial charge in [0.15, 0.2) is 27.8 Å². The van der Waals surface area contributed by atoms with Crippen LogP contribution < -0.4 is 9.47 Å². The van der Waals surface area contributed by atoms with E-state index in [1.165, 1.54) is 11.3 Å². The zero-order valence-electron chi connectivity index (χ0n) is 9.05. The van der Waals surface area contributed by atoms with Crippen LogP contribution in [0.25, 0.3) is 10.2 Å². The number of carbonyl (C=O) groups is 1. The second-order valence-corrected chi connectivity index (χ2v) is 6.06. The van der Waals surface area contributed by atoms with E-state index in [2.05, 4.69) is 20.9 Å². The molecule has 1 atom stereocenters. The summed E-state index contributed by atoms with van der Waals surface area (Å²) in [4.78, 5) is 15.3. The topological polar surface area (TPSA) is 68.7 Å². The molecule has 5 nitrogen and oxygen atoms in total. The molecule has 3 rings (SSSR count). The van der Waals surface area contributed by atoms with Gasteiger partial charge in [-0.15, -0.1) is 11.3 Å². The van der Waals surface area contributed by atoms with Gasteiger partial charge in [-0.25, -0.2) is 4.98 Å². The fraction of sp³-hybridized carbons (Fsp3) is 0.273.